The Kier molecular flexibility index (Phi) is 6.85. The summed E-state index contributed by atoms with van der Waals surface area (Å²) in [5.41, 5.74) is 6.20. The van der Waals surface area contributed by atoms with Gasteiger partial charge in [-0.2, -0.15) is 0 Å². The van der Waals surface area contributed by atoms with Crippen molar-refractivity contribution in [2.75, 3.05) is 4.90 Å². The van der Waals surface area contributed by atoms with Gasteiger partial charge in [0.2, 0.25) is 0 Å². The summed E-state index contributed by atoms with van der Waals surface area (Å²) in [5.74, 6) is 1.38. The maximum Gasteiger partial charge on any atom is 0.180 e. The molecule has 0 atom stereocenters. The molecule has 0 aliphatic carbocycles. The van der Waals surface area contributed by atoms with Gasteiger partial charge < -0.3 is 9.52 Å². The molecule has 7 heteroatoms. The number of rotatable bonds is 6. The molecule has 3 aromatic heterocycles. The molecule has 0 amide bonds. The maximum absolute atomic E-state index is 10.9. The second kappa shape index (κ2) is 11.2. The highest BCUT2D eigenvalue weighted by Gasteiger charge is 2.25. The van der Waals surface area contributed by atoms with Gasteiger partial charge in [0.25, 0.3) is 0 Å². The summed E-state index contributed by atoms with van der Waals surface area (Å²) in [6.45, 7) is 7.05. The largest absolute Gasteiger partial charge is 0.507 e. The van der Waals surface area contributed by atoms with Crippen LogP contribution in [0.4, 0.5) is 17.2 Å². The van der Waals surface area contributed by atoms with Crippen molar-refractivity contribution in [3.8, 4) is 28.4 Å². The van der Waals surface area contributed by atoms with Crippen LogP contribution in [-0.4, -0.2) is 28.1 Å². The Morgan fingerprint density at radius 2 is 1.45 bits per heavy atom. The summed E-state index contributed by atoms with van der Waals surface area (Å²) < 4.78 is 6.51. The topological polar surface area (TPSA) is 75.3 Å². The first-order chi connectivity index (χ1) is 22.8. The van der Waals surface area contributed by atoms with Crippen LogP contribution in [0, 0.1) is 0 Å². The highest BCUT2D eigenvalue weighted by Crippen LogP contribution is 2.41. The predicted molar refractivity (Wildman–Crippen MR) is 195 cm³/mol. The van der Waals surface area contributed by atoms with E-state index in [1.807, 2.05) is 60.8 Å². The Morgan fingerprint density at radius 1 is 0.702 bits per heavy atom. The molecule has 0 bridgehead atoms. The number of fused-ring (bicyclic) bond motifs is 4. The van der Waals surface area contributed by atoms with Crippen LogP contribution < -0.4 is 10.1 Å². The molecule has 0 aliphatic heterocycles. The van der Waals surface area contributed by atoms with Crippen LogP contribution in [0.5, 0.6) is 5.75 Å². The molecule has 47 heavy (non-hydrogen) atoms. The molecular weight excluding hydrogens is 597 g/mol. The van der Waals surface area contributed by atoms with Gasteiger partial charge in [-0.05, 0) is 60.0 Å². The Bertz CT molecular complexity index is 2430. The molecule has 1 N–H and O–H groups in total. The van der Waals surface area contributed by atoms with E-state index in [0.717, 1.165) is 44.5 Å². The number of para-hydroxylation sites is 2. The van der Waals surface area contributed by atoms with Crippen molar-refractivity contribution in [1.29, 1.82) is 0 Å². The van der Waals surface area contributed by atoms with E-state index in [2.05, 4.69) is 85.2 Å². The molecule has 0 saturated heterocycles. The van der Waals surface area contributed by atoms with Gasteiger partial charge in [0.05, 0.1) is 19.3 Å². The summed E-state index contributed by atoms with van der Waals surface area (Å²) >= 11 is 0. The van der Waals surface area contributed by atoms with Gasteiger partial charge in [0.15, 0.2) is 11.4 Å². The lowest BCUT2D eigenvalue weighted by Gasteiger charge is -2.28. The summed E-state index contributed by atoms with van der Waals surface area (Å²) in [7, 11) is -1.88. The van der Waals surface area contributed by atoms with Gasteiger partial charge in [-0.1, -0.05) is 97.6 Å². The zero-order valence-electron chi connectivity index (χ0n) is 26.3. The molecule has 8 aromatic rings. The van der Waals surface area contributed by atoms with Gasteiger partial charge in [-0.15, -0.1) is 0 Å². The van der Waals surface area contributed by atoms with E-state index in [1.54, 1.807) is 12.1 Å². The van der Waals surface area contributed by atoms with Crippen LogP contribution in [0.1, 0.15) is 0 Å². The monoisotopic (exact) mass is 628 g/mol. The van der Waals surface area contributed by atoms with E-state index >= 15 is 0 Å². The Hall–Kier alpha value is -5.79. The fourth-order valence-corrected chi connectivity index (χ4v) is 7.33. The highest BCUT2D eigenvalue weighted by molar-refractivity contribution is 6.88. The molecule has 0 fully saturated rings. The van der Waals surface area contributed by atoms with E-state index in [4.69, 9.17) is 19.4 Å². The number of pyridine rings is 1. The molecule has 0 aliphatic rings. The van der Waals surface area contributed by atoms with Crippen LogP contribution in [0.3, 0.4) is 0 Å². The summed E-state index contributed by atoms with van der Waals surface area (Å²) in [4.78, 5) is 17.2. The van der Waals surface area contributed by atoms with Crippen molar-refractivity contribution >= 4 is 63.3 Å². The van der Waals surface area contributed by atoms with Crippen molar-refractivity contribution in [2.45, 2.75) is 19.6 Å². The number of benzene rings is 5. The van der Waals surface area contributed by atoms with E-state index in [9.17, 15) is 5.11 Å². The molecule has 0 radical (unpaired) electrons. The third kappa shape index (κ3) is 5.11. The minimum atomic E-state index is -1.88. The number of anilines is 3. The first kappa shape index (κ1) is 28.7. The molecule has 5 aromatic carbocycles. The van der Waals surface area contributed by atoms with Crippen LogP contribution in [0.2, 0.25) is 19.6 Å². The van der Waals surface area contributed by atoms with Gasteiger partial charge in [0.1, 0.15) is 28.4 Å². The van der Waals surface area contributed by atoms with Gasteiger partial charge in [-0.3, -0.25) is 4.90 Å². The zero-order valence-corrected chi connectivity index (χ0v) is 27.3. The lowest BCUT2D eigenvalue weighted by atomic mass is 10.0. The van der Waals surface area contributed by atoms with E-state index in [1.165, 1.54) is 5.19 Å². The molecule has 228 valence electrons. The molecule has 0 spiro atoms. The first-order valence-electron chi connectivity index (χ1n) is 15.7. The first-order valence-corrected chi connectivity index (χ1v) is 19.2. The number of aromatic hydroxyl groups is 1. The summed E-state index contributed by atoms with van der Waals surface area (Å²) in [5, 5.41) is 15.3. The molecule has 0 unspecified atom stereocenters. The van der Waals surface area contributed by atoms with Crippen molar-refractivity contribution in [1.82, 2.24) is 15.0 Å². The van der Waals surface area contributed by atoms with Crippen LogP contribution in [0.25, 0.3) is 55.5 Å². The smallest absolute Gasteiger partial charge is 0.180 e. The molecule has 6 nitrogen and oxygen atoms in total. The Balaban J connectivity index is 1.45. The van der Waals surface area contributed by atoms with Gasteiger partial charge in [-0.25, -0.2) is 15.0 Å². The Morgan fingerprint density at radius 3 is 2.26 bits per heavy atom. The average molecular weight is 629 g/mol. The number of phenols is 1. The summed E-state index contributed by atoms with van der Waals surface area (Å²) in [6, 6.07) is 42.6. The van der Waals surface area contributed by atoms with E-state index in [-0.39, 0.29) is 5.75 Å². The lowest BCUT2D eigenvalue weighted by Crippen LogP contribution is -2.38. The number of furan rings is 1. The minimum absolute atomic E-state index is 0.124. The number of nitrogens with zero attached hydrogens (tertiary/aromatic N) is 4. The second-order valence-electron chi connectivity index (χ2n) is 12.7. The number of aromatic nitrogens is 3. The van der Waals surface area contributed by atoms with E-state index < -0.39 is 8.07 Å². The molecule has 0 saturated carbocycles. The van der Waals surface area contributed by atoms with Gasteiger partial charge in [0, 0.05) is 28.2 Å². The molecular formula is C40H32N4O2Si. The maximum atomic E-state index is 10.9. The predicted octanol–water partition coefficient (Wildman–Crippen LogP) is 9.98. The SMILES string of the molecule is C[Si](C)(C)c1cc(-c2nc(-c3ccccc3O)nc3c2oc2ccccc23)cc(N(c2ccccn2)c2cccc3ccccc23)c1. The number of phenolic OH excluding ortho intramolecular Hbond substituents is 1. The molecule has 8 rings (SSSR count). The van der Waals surface area contributed by atoms with Crippen LogP contribution in [-0.2, 0) is 0 Å². The Labute approximate surface area is 273 Å². The van der Waals surface area contributed by atoms with E-state index in [0.29, 0.717) is 28.2 Å². The van der Waals surface area contributed by atoms with Crippen LogP contribution in [0.15, 0.2) is 138 Å². The fraction of sp³-hybridized carbons (Fsp3) is 0.0750. The fourth-order valence-electron chi connectivity index (χ4n) is 6.16. The minimum Gasteiger partial charge on any atom is -0.507 e. The number of hydrogen-bond acceptors (Lipinski definition) is 6. The standard InChI is InChI=1S/C40H32N4O2Si/c1-47(2,3)29-24-27(23-28(25-29)44(36-21-10-11-22-41-36)33-18-12-14-26-13-4-5-15-30(26)33)37-39-38(32-17-7-9-20-35(32)46-39)43-40(42-37)31-16-6-8-19-34(31)45/h4-25,45H,1-3H3. The normalized spacial score (nSPS) is 11.8. The second-order valence-corrected chi connectivity index (χ2v) is 17.8. The van der Waals surface area contributed by atoms with Gasteiger partial charge >= 0.3 is 0 Å². The summed E-state index contributed by atoms with van der Waals surface area (Å²) in [6.07, 6.45) is 1.83. The lowest BCUT2D eigenvalue weighted by molar-refractivity contribution is 0.477. The van der Waals surface area contributed by atoms with Crippen molar-refractivity contribution in [2.24, 2.45) is 0 Å². The van der Waals surface area contributed by atoms with Crippen LogP contribution >= 0.6 is 0 Å². The number of hydrogen-bond donors (Lipinski definition) is 1. The third-order valence-corrected chi connectivity index (χ3v) is 10.6. The highest BCUT2D eigenvalue weighted by atomic mass is 28.3. The quantitative estimate of drug-likeness (QED) is 0.185. The van der Waals surface area contributed by atoms with Crippen molar-refractivity contribution in [3.63, 3.8) is 0 Å². The average Bonchev–Trinajstić information content (AvgIpc) is 3.47. The van der Waals surface area contributed by atoms with Crippen molar-refractivity contribution in [3.05, 3.63) is 134 Å². The zero-order chi connectivity index (χ0) is 32.1. The third-order valence-electron chi connectivity index (χ3n) is 8.57. The molecule has 3 heterocycles. The van der Waals surface area contributed by atoms with Crippen molar-refractivity contribution < 1.29 is 9.52 Å².